The fourth-order valence-corrected chi connectivity index (χ4v) is 6.22. The Balaban J connectivity index is 1.20. The van der Waals surface area contributed by atoms with Crippen molar-refractivity contribution in [1.29, 1.82) is 0 Å². The quantitative estimate of drug-likeness (QED) is 0.286. The fourth-order valence-electron chi connectivity index (χ4n) is 6.22. The first kappa shape index (κ1) is 30.1. The molecule has 0 radical (unpaired) electrons. The summed E-state index contributed by atoms with van der Waals surface area (Å²) in [4.78, 5) is 26.5. The minimum Gasteiger partial charge on any atom is -0.481 e. The van der Waals surface area contributed by atoms with Gasteiger partial charge in [0.2, 0.25) is 5.88 Å². The molecule has 2 aliphatic heterocycles. The zero-order valence-electron chi connectivity index (χ0n) is 25.3. The maximum Gasteiger partial charge on any atom is 0.418 e. The van der Waals surface area contributed by atoms with Crippen molar-refractivity contribution in [1.82, 2.24) is 34.8 Å². The summed E-state index contributed by atoms with van der Waals surface area (Å²) in [6.07, 6.45) is -2.94. The van der Waals surface area contributed by atoms with E-state index in [1.165, 1.54) is 17.9 Å². The Morgan fingerprint density at radius 3 is 2.35 bits per heavy atom. The van der Waals surface area contributed by atoms with Crippen LogP contribution in [0.3, 0.4) is 0 Å². The summed E-state index contributed by atoms with van der Waals surface area (Å²) in [5.41, 5.74) is 1.49. The lowest BCUT2D eigenvalue weighted by atomic mass is 10.0. The molecule has 0 atom stereocenters. The van der Waals surface area contributed by atoms with Gasteiger partial charge in [0.25, 0.3) is 5.56 Å². The van der Waals surface area contributed by atoms with Gasteiger partial charge in [-0.3, -0.25) is 14.6 Å². The first-order valence-corrected chi connectivity index (χ1v) is 15.2. The summed E-state index contributed by atoms with van der Waals surface area (Å²) in [7, 11) is 1.53. The molecule has 1 N–H and O–H groups in total. The van der Waals surface area contributed by atoms with Gasteiger partial charge in [-0.15, -0.1) is 5.10 Å². The molecule has 240 valence electrons. The topological polar surface area (TPSA) is 105 Å². The van der Waals surface area contributed by atoms with Crippen molar-refractivity contribution in [3.63, 3.8) is 0 Å². The summed E-state index contributed by atoms with van der Waals surface area (Å²) < 4.78 is 55.6. The van der Waals surface area contributed by atoms with Crippen LogP contribution >= 0.6 is 0 Å². The number of morpholine rings is 1. The van der Waals surface area contributed by atoms with Gasteiger partial charge in [0.15, 0.2) is 5.52 Å². The summed E-state index contributed by atoms with van der Waals surface area (Å²) >= 11 is 0. The van der Waals surface area contributed by atoms with Gasteiger partial charge in [-0.25, -0.2) is 9.67 Å². The number of aromatic nitrogens is 5. The number of rotatable bonds is 7. The first-order chi connectivity index (χ1) is 22.3. The van der Waals surface area contributed by atoms with Crippen LogP contribution in [0.1, 0.15) is 5.56 Å². The summed E-state index contributed by atoms with van der Waals surface area (Å²) in [5, 5.41) is 8.80. The van der Waals surface area contributed by atoms with Crippen LogP contribution < -0.4 is 15.2 Å². The van der Waals surface area contributed by atoms with E-state index < -0.39 is 17.3 Å². The Hall–Kier alpha value is -4.53. The summed E-state index contributed by atoms with van der Waals surface area (Å²) in [6.45, 7) is 7.43. The van der Waals surface area contributed by atoms with E-state index in [2.05, 4.69) is 30.1 Å². The molecular weight excluding hydrogens is 601 g/mol. The Kier molecular flexibility index (Phi) is 8.09. The Morgan fingerprint density at radius 2 is 1.65 bits per heavy atom. The van der Waals surface area contributed by atoms with Crippen LogP contribution in [0.5, 0.6) is 5.88 Å². The van der Waals surface area contributed by atoms with Gasteiger partial charge in [0, 0.05) is 81.3 Å². The van der Waals surface area contributed by atoms with Crippen LogP contribution in [-0.2, 0) is 10.9 Å². The van der Waals surface area contributed by atoms with Crippen LogP contribution in [0.4, 0.5) is 18.9 Å². The first-order valence-electron chi connectivity index (χ1n) is 15.2. The van der Waals surface area contributed by atoms with E-state index in [9.17, 15) is 18.0 Å². The highest BCUT2D eigenvalue weighted by Gasteiger charge is 2.36. The Labute approximate surface area is 262 Å². The number of piperazine rings is 1. The van der Waals surface area contributed by atoms with Gasteiger partial charge in [-0.1, -0.05) is 11.3 Å². The molecule has 5 aromatic rings. The van der Waals surface area contributed by atoms with Crippen molar-refractivity contribution in [2.75, 3.05) is 77.6 Å². The molecule has 2 saturated heterocycles. The van der Waals surface area contributed by atoms with E-state index >= 15 is 0 Å². The number of fused-ring (bicyclic) bond motifs is 3. The van der Waals surface area contributed by atoms with Crippen molar-refractivity contribution in [2.24, 2.45) is 0 Å². The molecule has 0 spiro atoms. The second-order valence-electron chi connectivity index (χ2n) is 11.5. The van der Waals surface area contributed by atoms with E-state index in [0.29, 0.717) is 48.5 Å². The molecule has 2 aromatic carbocycles. The van der Waals surface area contributed by atoms with E-state index in [1.807, 2.05) is 18.2 Å². The summed E-state index contributed by atoms with van der Waals surface area (Å²) in [6, 6.07) is 13.2. The molecule has 0 saturated carbocycles. The van der Waals surface area contributed by atoms with Gasteiger partial charge in [0.05, 0.1) is 37.1 Å². The number of benzene rings is 2. The lowest BCUT2D eigenvalue weighted by Crippen LogP contribution is -2.49. The predicted molar refractivity (Wildman–Crippen MR) is 168 cm³/mol. The van der Waals surface area contributed by atoms with Gasteiger partial charge in [-0.05, 0) is 42.0 Å². The lowest BCUT2D eigenvalue weighted by Gasteiger charge is -2.38. The van der Waals surface area contributed by atoms with Crippen molar-refractivity contribution in [3.8, 4) is 22.7 Å². The maximum absolute atomic E-state index is 14.6. The third kappa shape index (κ3) is 5.90. The number of hydrogen-bond donors (Lipinski definition) is 1. The molecule has 0 aliphatic carbocycles. The van der Waals surface area contributed by atoms with Gasteiger partial charge < -0.3 is 19.4 Å². The van der Waals surface area contributed by atoms with Crippen molar-refractivity contribution in [2.45, 2.75) is 6.18 Å². The monoisotopic (exact) mass is 634 g/mol. The highest BCUT2D eigenvalue weighted by atomic mass is 19.4. The number of H-pyrrole nitrogens is 1. The summed E-state index contributed by atoms with van der Waals surface area (Å²) in [5.74, 6) is 0.466. The van der Waals surface area contributed by atoms with Gasteiger partial charge in [0.1, 0.15) is 5.52 Å². The lowest BCUT2D eigenvalue weighted by molar-refractivity contribution is -0.137. The molecule has 2 aliphatic rings. The molecule has 14 heteroatoms. The third-order valence-electron chi connectivity index (χ3n) is 8.77. The predicted octanol–water partition coefficient (Wildman–Crippen LogP) is 3.81. The van der Waals surface area contributed by atoms with Crippen LogP contribution in [0, 0.1) is 0 Å². The average molecular weight is 635 g/mol. The molecule has 0 bridgehead atoms. The molecule has 5 heterocycles. The molecule has 2 fully saturated rings. The van der Waals surface area contributed by atoms with Crippen LogP contribution in [0.25, 0.3) is 38.8 Å². The average Bonchev–Trinajstić information content (AvgIpc) is 3.54. The number of halogens is 3. The minimum absolute atomic E-state index is 0.0309. The number of hydrogen-bond acceptors (Lipinski definition) is 9. The van der Waals surface area contributed by atoms with E-state index in [0.717, 1.165) is 56.6 Å². The van der Waals surface area contributed by atoms with E-state index in [-0.39, 0.29) is 16.9 Å². The van der Waals surface area contributed by atoms with Crippen molar-refractivity contribution >= 4 is 27.6 Å². The molecule has 11 nitrogen and oxygen atoms in total. The van der Waals surface area contributed by atoms with E-state index in [4.69, 9.17) is 9.47 Å². The van der Waals surface area contributed by atoms with E-state index in [1.54, 1.807) is 29.3 Å². The number of anilines is 1. The highest BCUT2D eigenvalue weighted by molar-refractivity contribution is 6.04. The van der Waals surface area contributed by atoms with Gasteiger partial charge in [-0.2, -0.15) is 13.2 Å². The second kappa shape index (κ2) is 12.3. The number of pyridine rings is 2. The van der Waals surface area contributed by atoms with Crippen LogP contribution in [-0.4, -0.2) is 107 Å². The standard InChI is InChI=1S/C32H33F3N8O3/c1-45-28-7-3-22(20-36-28)21-2-5-26-24(18-21)30-29(31(44)37-26)38-39-43(30)23-4-6-27(25(19-23)32(33,34)35)42-12-10-40(11-13-42)8-9-41-14-16-46-17-15-41/h2-7,18-20H,8-17H2,1H3,(H,37,44). The third-order valence-corrected chi connectivity index (χ3v) is 8.77. The molecule has 0 unspecified atom stereocenters. The largest absolute Gasteiger partial charge is 0.481 e. The zero-order valence-corrected chi connectivity index (χ0v) is 25.3. The normalized spacial score (nSPS) is 16.8. The number of nitrogens with zero attached hydrogens (tertiary/aromatic N) is 7. The second-order valence-corrected chi connectivity index (χ2v) is 11.5. The van der Waals surface area contributed by atoms with Gasteiger partial charge >= 0.3 is 6.18 Å². The Bertz CT molecular complexity index is 1910. The number of ether oxygens (including phenoxy) is 2. The van der Waals surface area contributed by atoms with Crippen molar-refractivity contribution < 1.29 is 22.6 Å². The molecule has 3 aromatic heterocycles. The molecule has 46 heavy (non-hydrogen) atoms. The maximum atomic E-state index is 14.6. The Morgan fingerprint density at radius 1 is 0.913 bits per heavy atom. The van der Waals surface area contributed by atoms with Crippen LogP contribution in [0.15, 0.2) is 59.5 Å². The minimum atomic E-state index is -4.61. The molecule has 7 rings (SSSR count). The number of nitrogens with one attached hydrogen (secondary N) is 1. The van der Waals surface area contributed by atoms with Crippen LogP contribution in [0.2, 0.25) is 0 Å². The smallest absolute Gasteiger partial charge is 0.418 e. The molecule has 0 amide bonds. The molecular formula is C32H33F3N8O3. The number of methoxy groups -OCH3 is 1. The fraction of sp³-hybridized carbons (Fsp3) is 0.375. The SMILES string of the molecule is COc1ccc(-c2ccc3[nH]c(=O)c4nnn(-c5ccc(N6CCN(CCN7CCOCC7)CC6)c(C(F)(F)F)c5)c4c3c2)cn1. The number of aromatic amines is 1. The number of alkyl halides is 3. The highest BCUT2D eigenvalue weighted by Crippen LogP contribution is 2.39. The van der Waals surface area contributed by atoms with Crippen molar-refractivity contribution in [3.05, 3.63) is 70.6 Å². The zero-order chi connectivity index (χ0) is 31.8.